The summed E-state index contributed by atoms with van der Waals surface area (Å²) in [6, 6.07) is 0. The van der Waals surface area contributed by atoms with E-state index >= 15 is 0 Å². The monoisotopic (exact) mass is 1370 g/mol. The Morgan fingerprint density at radius 3 is 1.62 bits per heavy atom. The average Bonchev–Trinajstić information content (AvgIpc) is 1.62. The number of allylic oxidation sites excluding steroid dienone is 1. The van der Waals surface area contributed by atoms with Crippen molar-refractivity contribution in [1.82, 2.24) is 0 Å². The molecule has 10 rings (SSSR count). The highest BCUT2D eigenvalue weighted by molar-refractivity contribution is 5.80. The minimum absolute atomic E-state index is 0.0388. The van der Waals surface area contributed by atoms with Gasteiger partial charge in [-0.1, -0.05) is 25.5 Å². The van der Waals surface area contributed by atoms with Crippen molar-refractivity contribution in [1.29, 1.82) is 0 Å². The van der Waals surface area contributed by atoms with Gasteiger partial charge in [0.05, 0.1) is 56.9 Å². The first-order valence-corrected chi connectivity index (χ1v) is 33.1. The summed E-state index contributed by atoms with van der Waals surface area (Å²) >= 11 is 0. The van der Waals surface area contributed by atoms with E-state index in [4.69, 9.17) is 75.8 Å². The van der Waals surface area contributed by atoms with Crippen LogP contribution in [0.5, 0.6) is 0 Å². The average molecular weight is 1370 g/mol. The standard InChI is InChI=1S/C63H100O32/c1-23(66)40-33(89-58-50(78)47(75)43(71)37(92-58)22-83-60-54(95-59-51(79)46(74)42(70)36(20-65)91-59)48(76)44(72)38(93-60)21-82-57-49(77)45(73)41(69)35(19-64)90-57)17-32-30-11-10-28-16-29(12-14-62(28,6)31(30)13-15-63(32,40)7)88-39-18-34(80-8)52(24(2)84-39)94-61-56(87-27(5)68)55(81-9)53(25(3)85-61)86-26(4)67/h10,24-25,29-61,64-65,69-79H,11-22H2,1-9H3/t24-,25-,29+,30-,31+,32+,33-,34+,35-,36-,37-,38-,39+,40+,41-,42-,43-,44-,45+,46+,47+,48+,49-,50-,51-,52-,53+,54-,55+,56-,57-,58-,59+,60-,61+,62+,63+/m1/s1. The number of Topliss-reactive ketones (excluding diaryl/α,β-unsaturated/α-hetero) is 1. The number of carbonyl (C=O) groups is 3. The minimum atomic E-state index is -2.05. The van der Waals surface area contributed by atoms with Crippen LogP contribution in [-0.2, 0) is 90.2 Å². The van der Waals surface area contributed by atoms with E-state index < -0.39 is 234 Å². The van der Waals surface area contributed by atoms with Crippen LogP contribution in [0.1, 0.15) is 99.8 Å². The van der Waals surface area contributed by atoms with Crippen molar-refractivity contribution in [2.24, 2.45) is 34.5 Å². The van der Waals surface area contributed by atoms with Crippen molar-refractivity contribution >= 4 is 17.7 Å². The zero-order valence-electron chi connectivity index (χ0n) is 54.8. The number of carbonyl (C=O) groups excluding carboxylic acids is 3. The topological polar surface area (TPSA) is 462 Å². The molecule has 6 saturated heterocycles. The SMILES string of the molecule is CO[C@H]1[C@@H](OC(C)=O)[C@@H](C)O[C@@H](O[C@H]2[C@@H](OC)C[C@H](O[C@H]3CC[C@@]4(C)C(=CC[C@H]5[C@@H]6C[C@@H](O[C@@H]7O[C@H](CO[C@@H]8O[C@H](CO[C@@H]9O[C@H](CO)[C@@H](O)[C@H](O)[C@H]9O)[C@@H](O)[C@H](O)[C@H]8O[C@@H]8O[C@H](CO)[C@@H](O)[C@H](O)[C@H]8O)[C@@H](O)[C@H](O)[C@H]7O)[C@H](C(C)=O)[C@@]6(C)CC[C@@H]54)C3)O[C@@H]2C)[C@@H]1OC(C)=O. The van der Waals surface area contributed by atoms with Gasteiger partial charge in [-0.05, 0) is 94.3 Å². The van der Waals surface area contributed by atoms with Gasteiger partial charge in [-0.25, -0.2) is 0 Å². The van der Waals surface area contributed by atoms with E-state index in [9.17, 15) is 80.8 Å². The summed E-state index contributed by atoms with van der Waals surface area (Å²) in [6.07, 6.45) is -36.7. The van der Waals surface area contributed by atoms with Gasteiger partial charge in [0.25, 0.3) is 0 Å². The van der Waals surface area contributed by atoms with Crippen molar-refractivity contribution in [2.45, 2.75) is 290 Å². The lowest BCUT2D eigenvalue weighted by Gasteiger charge is -2.58. The van der Waals surface area contributed by atoms with Crippen LogP contribution in [0.15, 0.2) is 11.6 Å². The normalized spacial score (nSPS) is 50.9. The van der Waals surface area contributed by atoms with Crippen LogP contribution in [0.2, 0.25) is 0 Å². The van der Waals surface area contributed by atoms with Gasteiger partial charge in [0.15, 0.2) is 49.9 Å². The fraction of sp³-hybridized carbons (Fsp3) is 0.921. The maximum Gasteiger partial charge on any atom is 0.303 e. The fourth-order valence-electron chi connectivity index (χ4n) is 17.1. The third-order valence-electron chi connectivity index (χ3n) is 22.1. The molecule has 32 heteroatoms. The predicted octanol–water partition coefficient (Wildman–Crippen LogP) is -4.03. The summed E-state index contributed by atoms with van der Waals surface area (Å²) in [6.45, 7) is 8.85. The second kappa shape index (κ2) is 30.8. The molecule has 13 N–H and O–H groups in total. The molecule has 6 heterocycles. The molecular weight excluding hydrogens is 1270 g/mol. The van der Waals surface area contributed by atoms with Gasteiger partial charge in [-0.3, -0.25) is 14.4 Å². The van der Waals surface area contributed by atoms with Gasteiger partial charge < -0.3 is 142 Å². The first kappa shape index (κ1) is 74.9. The molecule has 0 aromatic rings. The number of aliphatic hydroxyl groups excluding tert-OH is 13. The summed E-state index contributed by atoms with van der Waals surface area (Å²) in [5.41, 5.74) is 0.515. The van der Waals surface area contributed by atoms with Crippen molar-refractivity contribution in [3.05, 3.63) is 11.6 Å². The van der Waals surface area contributed by atoms with Gasteiger partial charge >= 0.3 is 11.9 Å². The summed E-state index contributed by atoms with van der Waals surface area (Å²) in [7, 11) is 2.99. The van der Waals surface area contributed by atoms with Crippen LogP contribution in [0.3, 0.4) is 0 Å². The third kappa shape index (κ3) is 15.0. The van der Waals surface area contributed by atoms with E-state index in [1.807, 2.05) is 6.92 Å². The quantitative estimate of drug-likeness (QED) is 0.0384. The van der Waals surface area contributed by atoms with Crippen LogP contribution in [0.4, 0.5) is 0 Å². The number of hydrogen-bond acceptors (Lipinski definition) is 32. The van der Waals surface area contributed by atoms with E-state index in [1.165, 1.54) is 33.5 Å². The van der Waals surface area contributed by atoms with Gasteiger partial charge in [0.2, 0.25) is 0 Å². The maximum atomic E-state index is 14.0. The molecule has 0 amide bonds. The van der Waals surface area contributed by atoms with Crippen LogP contribution in [0, 0.1) is 34.5 Å². The van der Waals surface area contributed by atoms with E-state index in [0.717, 1.165) is 19.3 Å². The van der Waals surface area contributed by atoms with Gasteiger partial charge in [-0.15, -0.1) is 0 Å². The predicted molar refractivity (Wildman–Crippen MR) is 314 cm³/mol. The number of ketones is 1. The van der Waals surface area contributed by atoms with Crippen LogP contribution in [-0.4, -0.2) is 315 Å². The Bertz CT molecular complexity index is 2600. The van der Waals surface area contributed by atoms with Crippen molar-refractivity contribution < 1.29 is 157 Å². The zero-order valence-corrected chi connectivity index (χ0v) is 54.8. The lowest BCUT2D eigenvalue weighted by molar-refractivity contribution is -0.378. The molecule has 0 unspecified atom stereocenters. The Morgan fingerprint density at radius 2 is 1.03 bits per heavy atom. The minimum Gasteiger partial charge on any atom is -0.457 e. The molecule has 0 radical (unpaired) electrons. The smallest absolute Gasteiger partial charge is 0.303 e. The van der Waals surface area contributed by atoms with E-state index in [1.54, 1.807) is 14.0 Å². The second-order valence-electron chi connectivity index (χ2n) is 27.9. The van der Waals surface area contributed by atoms with Crippen molar-refractivity contribution in [2.75, 3.05) is 40.6 Å². The second-order valence-corrected chi connectivity index (χ2v) is 27.9. The van der Waals surface area contributed by atoms with Crippen molar-refractivity contribution in [3.8, 4) is 0 Å². The van der Waals surface area contributed by atoms with Crippen LogP contribution < -0.4 is 0 Å². The van der Waals surface area contributed by atoms with E-state index in [-0.39, 0.29) is 35.1 Å². The number of ether oxygens (including phenoxy) is 16. The Hall–Kier alpha value is -2.73. The first-order chi connectivity index (χ1) is 45.0. The highest BCUT2D eigenvalue weighted by atomic mass is 16.8. The van der Waals surface area contributed by atoms with Crippen molar-refractivity contribution in [3.63, 3.8) is 0 Å². The third-order valence-corrected chi connectivity index (χ3v) is 22.1. The number of aliphatic hydroxyl groups is 13. The van der Waals surface area contributed by atoms with Crippen LogP contribution >= 0.6 is 0 Å². The molecule has 0 bridgehead atoms. The number of rotatable bonds is 21. The maximum absolute atomic E-state index is 14.0. The van der Waals surface area contributed by atoms with Crippen LogP contribution in [0.25, 0.3) is 0 Å². The Labute approximate surface area is 549 Å². The number of methoxy groups -OCH3 is 2. The number of hydrogen-bond donors (Lipinski definition) is 13. The molecule has 0 spiro atoms. The Kier molecular flexibility index (Phi) is 24.3. The lowest BCUT2D eigenvalue weighted by atomic mass is 9.47. The van der Waals surface area contributed by atoms with E-state index in [0.29, 0.717) is 32.1 Å². The van der Waals surface area contributed by atoms with Gasteiger partial charge in [0.1, 0.15) is 116 Å². The summed E-state index contributed by atoms with van der Waals surface area (Å²) in [5.74, 6) is -1.68. The molecule has 37 atom stereocenters. The molecule has 10 aliphatic rings. The molecule has 4 aliphatic carbocycles. The molecule has 0 aromatic heterocycles. The van der Waals surface area contributed by atoms with Gasteiger partial charge in [-0.2, -0.15) is 0 Å². The highest BCUT2D eigenvalue weighted by Crippen LogP contribution is 2.67. The molecular formula is C63H100O32. The number of fused-ring (bicyclic) bond motifs is 5. The summed E-state index contributed by atoms with van der Waals surface area (Å²) in [4.78, 5) is 38.4. The number of esters is 2. The van der Waals surface area contributed by atoms with E-state index in [2.05, 4.69) is 19.9 Å². The Morgan fingerprint density at radius 1 is 0.505 bits per heavy atom. The summed E-state index contributed by atoms with van der Waals surface area (Å²) < 4.78 is 96.3. The molecule has 3 saturated carbocycles. The molecule has 32 nitrogen and oxygen atoms in total. The molecule has 544 valence electrons. The molecule has 6 aliphatic heterocycles. The molecule has 9 fully saturated rings. The lowest BCUT2D eigenvalue weighted by Crippen LogP contribution is -2.65. The van der Waals surface area contributed by atoms with Gasteiger partial charge in [0, 0.05) is 40.4 Å². The fourth-order valence-corrected chi connectivity index (χ4v) is 17.1. The highest BCUT2D eigenvalue weighted by Gasteiger charge is 2.64. The Balaban J connectivity index is 0.791. The summed E-state index contributed by atoms with van der Waals surface area (Å²) in [5, 5.41) is 140. The first-order valence-electron chi connectivity index (χ1n) is 33.1. The largest absolute Gasteiger partial charge is 0.457 e. The molecule has 0 aromatic carbocycles. The molecule has 95 heavy (non-hydrogen) atoms. The zero-order chi connectivity index (χ0) is 69.0.